The molecule has 154 valence electrons. The molecule has 0 aromatic heterocycles. The highest BCUT2D eigenvalue weighted by Gasteiger charge is 2.24. The number of carbonyl (C=O) groups excluding carboxylic acids is 2. The molecule has 29 heavy (non-hydrogen) atoms. The lowest BCUT2D eigenvalue weighted by Crippen LogP contribution is -2.51. The average molecular weight is 463 g/mol. The zero-order valence-corrected chi connectivity index (χ0v) is 17.7. The summed E-state index contributed by atoms with van der Waals surface area (Å²) in [4.78, 5) is 28.2. The van der Waals surface area contributed by atoms with E-state index >= 15 is 0 Å². The fourth-order valence-electron chi connectivity index (χ4n) is 3.27. The van der Waals surface area contributed by atoms with E-state index in [1.165, 1.54) is 17.7 Å². The Morgan fingerprint density at radius 2 is 1.62 bits per heavy atom. The van der Waals surface area contributed by atoms with Crippen molar-refractivity contribution in [3.05, 3.63) is 64.4 Å². The minimum Gasteiger partial charge on any atom is -0.481 e. The van der Waals surface area contributed by atoms with Gasteiger partial charge in [0.25, 0.3) is 5.91 Å². The van der Waals surface area contributed by atoms with Crippen LogP contribution in [0.2, 0.25) is 0 Å². The molecule has 0 unspecified atom stereocenters. The van der Waals surface area contributed by atoms with Crippen LogP contribution in [-0.4, -0.2) is 54.4 Å². The van der Waals surface area contributed by atoms with Crippen molar-refractivity contribution in [2.24, 2.45) is 0 Å². The number of rotatable bonds is 7. The van der Waals surface area contributed by atoms with Crippen LogP contribution in [0, 0.1) is 5.82 Å². The number of amides is 2. The lowest BCUT2D eigenvalue weighted by Gasteiger charge is -2.34. The van der Waals surface area contributed by atoms with E-state index in [2.05, 4.69) is 28.1 Å². The molecule has 1 heterocycles. The Kier molecular flexibility index (Phi) is 7.63. The maximum absolute atomic E-state index is 13.8. The van der Waals surface area contributed by atoms with Crippen LogP contribution in [0.3, 0.4) is 0 Å². The first-order valence-corrected chi connectivity index (χ1v) is 10.5. The molecule has 1 saturated heterocycles. The van der Waals surface area contributed by atoms with Gasteiger partial charge >= 0.3 is 0 Å². The smallest absolute Gasteiger partial charge is 0.260 e. The summed E-state index contributed by atoms with van der Waals surface area (Å²) >= 11 is 3.18. The van der Waals surface area contributed by atoms with Crippen molar-refractivity contribution in [3.63, 3.8) is 0 Å². The van der Waals surface area contributed by atoms with Crippen molar-refractivity contribution in [1.29, 1.82) is 0 Å². The van der Waals surface area contributed by atoms with Gasteiger partial charge < -0.3 is 14.5 Å². The minimum absolute atomic E-state index is 0.0498. The molecule has 0 radical (unpaired) electrons. The van der Waals surface area contributed by atoms with E-state index in [1.807, 2.05) is 23.1 Å². The van der Waals surface area contributed by atoms with Crippen LogP contribution in [-0.2, 0) is 16.0 Å². The molecule has 0 spiro atoms. The highest BCUT2D eigenvalue weighted by Crippen LogP contribution is 2.21. The maximum atomic E-state index is 13.8. The van der Waals surface area contributed by atoms with Crippen LogP contribution >= 0.6 is 15.9 Å². The number of hydrogen-bond donors (Lipinski definition) is 0. The molecule has 0 saturated carbocycles. The van der Waals surface area contributed by atoms with Crippen molar-refractivity contribution in [3.8, 4) is 5.75 Å². The summed E-state index contributed by atoms with van der Waals surface area (Å²) in [6.07, 6.45) is 2.21. The quantitative estimate of drug-likeness (QED) is 0.630. The largest absolute Gasteiger partial charge is 0.481 e. The fraction of sp³-hybridized carbons (Fsp3) is 0.364. The van der Waals surface area contributed by atoms with Gasteiger partial charge in [-0.15, -0.1) is 0 Å². The summed E-state index contributed by atoms with van der Waals surface area (Å²) in [5.41, 5.74) is 1.23. The summed E-state index contributed by atoms with van der Waals surface area (Å²) in [7, 11) is 0. The van der Waals surface area contributed by atoms with Gasteiger partial charge in [0.05, 0.1) is 0 Å². The predicted molar refractivity (Wildman–Crippen MR) is 112 cm³/mol. The summed E-state index contributed by atoms with van der Waals surface area (Å²) in [5, 5.41) is 0. The Labute approximate surface area is 178 Å². The third-order valence-corrected chi connectivity index (χ3v) is 5.42. The molecule has 5 nitrogen and oxygen atoms in total. The Bertz CT molecular complexity index is 839. The highest BCUT2D eigenvalue weighted by molar-refractivity contribution is 9.10. The molecule has 1 fully saturated rings. The predicted octanol–water partition coefficient (Wildman–Crippen LogP) is 3.66. The zero-order chi connectivity index (χ0) is 20.6. The van der Waals surface area contributed by atoms with Gasteiger partial charge in [0.15, 0.2) is 18.2 Å². The molecule has 0 atom stereocenters. The van der Waals surface area contributed by atoms with E-state index in [-0.39, 0.29) is 24.2 Å². The topological polar surface area (TPSA) is 49.9 Å². The first-order chi connectivity index (χ1) is 14.0. The summed E-state index contributed by atoms with van der Waals surface area (Å²) in [6, 6.07) is 14.6. The van der Waals surface area contributed by atoms with Gasteiger partial charge in [-0.3, -0.25) is 9.59 Å². The Hall–Kier alpha value is -2.41. The number of carbonyl (C=O) groups is 2. The molecule has 2 aromatic carbocycles. The van der Waals surface area contributed by atoms with E-state index < -0.39 is 5.82 Å². The zero-order valence-electron chi connectivity index (χ0n) is 16.2. The number of aryl methyl sites for hydroxylation is 1. The van der Waals surface area contributed by atoms with Crippen LogP contribution < -0.4 is 4.74 Å². The second-order valence-electron chi connectivity index (χ2n) is 6.96. The van der Waals surface area contributed by atoms with Crippen molar-refractivity contribution in [1.82, 2.24) is 9.80 Å². The fourth-order valence-corrected chi connectivity index (χ4v) is 3.61. The standard InChI is InChI=1S/C22H24BrFN2O3/c23-18-9-10-20(19(24)15-18)29-16-22(28)26-13-11-25(12-14-26)21(27)8-4-7-17-5-2-1-3-6-17/h1-3,5-6,9-10,15H,4,7-8,11-14,16H2. The highest BCUT2D eigenvalue weighted by atomic mass is 79.9. The van der Waals surface area contributed by atoms with E-state index in [9.17, 15) is 14.0 Å². The number of hydrogen-bond acceptors (Lipinski definition) is 3. The van der Waals surface area contributed by atoms with Gasteiger partial charge in [-0.25, -0.2) is 4.39 Å². The van der Waals surface area contributed by atoms with Crippen LogP contribution in [0.1, 0.15) is 18.4 Å². The summed E-state index contributed by atoms with van der Waals surface area (Å²) in [6.45, 7) is 1.75. The molecule has 0 N–H and O–H groups in total. The molecule has 1 aliphatic heterocycles. The number of ether oxygens (including phenoxy) is 1. The van der Waals surface area contributed by atoms with Crippen molar-refractivity contribution in [2.75, 3.05) is 32.8 Å². The van der Waals surface area contributed by atoms with Crippen molar-refractivity contribution in [2.45, 2.75) is 19.3 Å². The van der Waals surface area contributed by atoms with Crippen LogP contribution in [0.15, 0.2) is 53.0 Å². The first kappa shape index (κ1) is 21.3. The molecule has 0 aliphatic carbocycles. The second-order valence-corrected chi connectivity index (χ2v) is 7.88. The maximum Gasteiger partial charge on any atom is 0.260 e. The molecule has 2 aromatic rings. The van der Waals surface area contributed by atoms with Crippen molar-refractivity contribution >= 4 is 27.7 Å². The third-order valence-electron chi connectivity index (χ3n) is 4.93. The van der Waals surface area contributed by atoms with Crippen LogP contribution in [0.25, 0.3) is 0 Å². The second kappa shape index (κ2) is 10.4. The molecule has 1 aliphatic rings. The SMILES string of the molecule is O=C(CCCc1ccccc1)N1CCN(C(=O)COc2ccc(Br)cc2F)CC1. The first-order valence-electron chi connectivity index (χ1n) is 9.70. The van der Waals surface area contributed by atoms with E-state index in [0.717, 1.165) is 12.8 Å². The van der Waals surface area contributed by atoms with Gasteiger partial charge in [-0.1, -0.05) is 46.3 Å². The Balaban J connectivity index is 1.37. The van der Waals surface area contributed by atoms with E-state index in [0.29, 0.717) is 37.1 Å². The van der Waals surface area contributed by atoms with Gasteiger partial charge in [0.2, 0.25) is 5.91 Å². The number of piperazine rings is 1. The Morgan fingerprint density at radius 1 is 0.966 bits per heavy atom. The normalized spacial score (nSPS) is 14.0. The lowest BCUT2D eigenvalue weighted by molar-refractivity contribution is -0.140. The third kappa shape index (κ3) is 6.29. The van der Waals surface area contributed by atoms with Gasteiger partial charge in [0.1, 0.15) is 0 Å². The molecular weight excluding hydrogens is 439 g/mol. The number of benzene rings is 2. The van der Waals surface area contributed by atoms with E-state index in [4.69, 9.17) is 4.74 Å². The minimum atomic E-state index is -0.516. The summed E-state index contributed by atoms with van der Waals surface area (Å²) < 4.78 is 19.7. The van der Waals surface area contributed by atoms with E-state index in [1.54, 1.807) is 11.0 Å². The van der Waals surface area contributed by atoms with Crippen LogP contribution in [0.4, 0.5) is 4.39 Å². The van der Waals surface area contributed by atoms with Gasteiger partial charge in [0, 0.05) is 37.1 Å². The molecular formula is C22H24BrFN2O3. The van der Waals surface area contributed by atoms with Gasteiger partial charge in [-0.05, 0) is 36.6 Å². The lowest BCUT2D eigenvalue weighted by atomic mass is 10.1. The molecule has 7 heteroatoms. The average Bonchev–Trinajstić information content (AvgIpc) is 2.74. The molecule has 2 amide bonds. The molecule has 0 bridgehead atoms. The monoisotopic (exact) mass is 462 g/mol. The van der Waals surface area contributed by atoms with Gasteiger partial charge in [-0.2, -0.15) is 0 Å². The molecule has 3 rings (SSSR count). The summed E-state index contributed by atoms with van der Waals surface area (Å²) in [5.74, 6) is -0.545. The Morgan fingerprint density at radius 3 is 2.28 bits per heavy atom. The van der Waals surface area contributed by atoms with Crippen molar-refractivity contribution < 1.29 is 18.7 Å². The van der Waals surface area contributed by atoms with Crippen LogP contribution in [0.5, 0.6) is 5.75 Å². The number of nitrogens with zero attached hydrogens (tertiary/aromatic N) is 2. The number of halogens is 2.